The first-order valence-corrected chi connectivity index (χ1v) is 14.8. The molecule has 2 aromatic carbocycles. The molecule has 0 saturated carbocycles. The zero-order valence-electron chi connectivity index (χ0n) is 22.3. The summed E-state index contributed by atoms with van der Waals surface area (Å²) < 4.78 is 24.7. The Bertz CT molecular complexity index is 1480. The summed E-state index contributed by atoms with van der Waals surface area (Å²) in [4.78, 5) is 27.8. The lowest BCUT2D eigenvalue weighted by atomic mass is 9.91. The number of ether oxygens (including phenoxy) is 2. The molecule has 4 heterocycles. The summed E-state index contributed by atoms with van der Waals surface area (Å²) in [5, 5.41) is 3.64. The number of carbonyl (C=O) groups excluding carboxylic acids is 1. The number of morpholine rings is 1. The van der Waals surface area contributed by atoms with Gasteiger partial charge in [0.1, 0.15) is 35.7 Å². The molecule has 1 N–H and O–H groups in total. The van der Waals surface area contributed by atoms with E-state index >= 15 is 0 Å². The SMILES string of the molecule is O=C(C#CCN1CCOCC1)N1C=NC(=Nc2ccc(OCc3cccc(F)c3)c(Cl)c2)C2C3=C(CNCC3)SC21. The van der Waals surface area contributed by atoms with Gasteiger partial charge < -0.3 is 14.8 Å². The molecular weight excluding hydrogens is 565 g/mol. The Morgan fingerprint density at radius 2 is 2.15 bits per heavy atom. The second kappa shape index (κ2) is 12.8. The summed E-state index contributed by atoms with van der Waals surface area (Å²) in [6.07, 6.45) is 2.43. The zero-order chi connectivity index (χ0) is 28.2. The molecule has 6 rings (SSSR count). The summed E-state index contributed by atoms with van der Waals surface area (Å²) in [7, 11) is 0. The fourth-order valence-electron chi connectivity index (χ4n) is 5.19. The number of hydrogen-bond donors (Lipinski definition) is 1. The van der Waals surface area contributed by atoms with Crippen LogP contribution in [-0.2, 0) is 16.1 Å². The van der Waals surface area contributed by atoms with Crippen LogP contribution in [0, 0.1) is 23.6 Å². The van der Waals surface area contributed by atoms with Crippen LogP contribution in [-0.4, -0.2) is 79.2 Å². The van der Waals surface area contributed by atoms with Gasteiger partial charge in [0.05, 0.1) is 36.4 Å². The smallest absolute Gasteiger partial charge is 0.304 e. The van der Waals surface area contributed by atoms with Crippen LogP contribution < -0.4 is 10.1 Å². The van der Waals surface area contributed by atoms with Gasteiger partial charge in [-0.05, 0) is 60.4 Å². The van der Waals surface area contributed by atoms with Gasteiger partial charge in [-0.2, -0.15) is 0 Å². The van der Waals surface area contributed by atoms with Gasteiger partial charge in [-0.15, -0.1) is 11.8 Å². The maximum absolute atomic E-state index is 13.5. The van der Waals surface area contributed by atoms with E-state index in [1.807, 2.05) is 6.07 Å². The highest BCUT2D eigenvalue weighted by Crippen LogP contribution is 2.48. The third kappa shape index (κ3) is 6.50. The monoisotopic (exact) mass is 593 g/mol. The highest BCUT2D eigenvalue weighted by molar-refractivity contribution is 8.04. The maximum Gasteiger partial charge on any atom is 0.304 e. The summed E-state index contributed by atoms with van der Waals surface area (Å²) in [5.41, 5.74) is 2.62. The van der Waals surface area contributed by atoms with Crippen molar-refractivity contribution in [1.29, 1.82) is 0 Å². The summed E-state index contributed by atoms with van der Waals surface area (Å²) >= 11 is 8.21. The van der Waals surface area contributed by atoms with Crippen LogP contribution in [0.25, 0.3) is 0 Å². The lowest BCUT2D eigenvalue weighted by Gasteiger charge is -2.32. The van der Waals surface area contributed by atoms with E-state index in [9.17, 15) is 9.18 Å². The molecule has 2 aromatic rings. The second-order valence-corrected chi connectivity index (χ2v) is 11.6. The second-order valence-electron chi connectivity index (χ2n) is 10.0. The Morgan fingerprint density at radius 1 is 1.27 bits per heavy atom. The molecule has 212 valence electrons. The van der Waals surface area contributed by atoms with E-state index in [0.29, 0.717) is 47.6 Å². The molecule has 0 radical (unpaired) electrons. The van der Waals surface area contributed by atoms with E-state index in [2.05, 4.69) is 27.0 Å². The number of amides is 1. The van der Waals surface area contributed by atoms with Crippen LogP contribution in [0.4, 0.5) is 10.1 Å². The van der Waals surface area contributed by atoms with Crippen molar-refractivity contribution in [2.24, 2.45) is 15.9 Å². The van der Waals surface area contributed by atoms with Crippen molar-refractivity contribution in [2.45, 2.75) is 18.4 Å². The predicted molar refractivity (Wildman–Crippen MR) is 159 cm³/mol. The van der Waals surface area contributed by atoms with E-state index in [0.717, 1.165) is 32.6 Å². The number of benzene rings is 2. The quantitative estimate of drug-likeness (QED) is 0.523. The normalized spacial score (nSPS) is 23.2. The fraction of sp³-hybridized carbons (Fsp3) is 0.367. The number of carbonyl (C=O) groups is 1. The molecule has 1 amide bonds. The standard InChI is InChI=1S/C30H29ClFN5O3S/c31-24-16-22(6-7-25(24)40-18-20-3-1-4-21(32)15-20)35-29-28-23-8-9-33-17-26(23)41-30(28)37(19-34-29)27(38)5-2-10-36-11-13-39-14-12-36/h1,3-4,6-7,15-16,19,28,30,33H,8-14,17-18H2. The molecule has 1 saturated heterocycles. The molecule has 0 aromatic heterocycles. The Labute approximate surface area is 247 Å². The van der Waals surface area contributed by atoms with Crippen LogP contribution >= 0.6 is 23.4 Å². The fourth-order valence-corrected chi connectivity index (χ4v) is 6.96. The maximum atomic E-state index is 13.5. The molecular formula is C30H29ClFN5O3S. The summed E-state index contributed by atoms with van der Waals surface area (Å²) in [6.45, 7) is 5.40. The van der Waals surface area contributed by atoms with Crippen LogP contribution in [0.5, 0.6) is 5.75 Å². The molecule has 11 heteroatoms. The highest BCUT2D eigenvalue weighted by Gasteiger charge is 2.45. The minimum atomic E-state index is -0.313. The van der Waals surface area contributed by atoms with Crippen molar-refractivity contribution in [2.75, 3.05) is 45.9 Å². The number of nitrogens with zero attached hydrogens (tertiary/aromatic N) is 4. The molecule has 1 fully saturated rings. The Morgan fingerprint density at radius 3 is 2.98 bits per heavy atom. The van der Waals surface area contributed by atoms with Crippen molar-refractivity contribution >= 4 is 47.1 Å². The number of hydrogen-bond acceptors (Lipinski definition) is 7. The molecule has 0 spiro atoms. The van der Waals surface area contributed by atoms with Gasteiger partial charge in [-0.25, -0.2) is 14.4 Å². The average molecular weight is 594 g/mol. The van der Waals surface area contributed by atoms with Crippen molar-refractivity contribution in [1.82, 2.24) is 15.1 Å². The highest BCUT2D eigenvalue weighted by atomic mass is 35.5. The largest absolute Gasteiger partial charge is 0.487 e. The third-order valence-corrected chi connectivity index (χ3v) is 9.01. The zero-order valence-corrected chi connectivity index (χ0v) is 23.9. The van der Waals surface area contributed by atoms with E-state index < -0.39 is 0 Å². The third-order valence-electron chi connectivity index (χ3n) is 7.28. The van der Waals surface area contributed by atoms with Crippen molar-refractivity contribution < 1.29 is 18.7 Å². The van der Waals surface area contributed by atoms with E-state index in [1.54, 1.807) is 47.3 Å². The molecule has 41 heavy (non-hydrogen) atoms. The number of halogens is 2. The van der Waals surface area contributed by atoms with Gasteiger partial charge in [-0.1, -0.05) is 29.7 Å². The summed E-state index contributed by atoms with van der Waals surface area (Å²) in [5.74, 6) is 6.28. The molecule has 2 atom stereocenters. The number of nitrogens with one attached hydrogen (secondary N) is 1. The van der Waals surface area contributed by atoms with Gasteiger partial charge in [0.25, 0.3) is 0 Å². The molecule has 2 unspecified atom stereocenters. The Balaban J connectivity index is 1.20. The molecule has 0 bridgehead atoms. The van der Waals surface area contributed by atoms with Gasteiger partial charge in [-0.3, -0.25) is 14.6 Å². The topological polar surface area (TPSA) is 78.8 Å². The number of fused-ring (bicyclic) bond motifs is 2. The minimum Gasteiger partial charge on any atom is -0.487 e. The Hall–Kier alpha value is -3.20. The van der Waals surface area contributed by atoms with Gasteiger partial charge in [0, 0.05) is 24.5 Å². The first-order valence-electron chi connectivity index (χ1n) is 13.6. The lowest BCUT2D eigenvalue weighted by Crippen LogP contribution is -2.46. The molecule has 4 aliphatic rings. The Kier molecular flexibility index (Phi) is 8.70. The first-order chi connectivity index (χ1) is 20.0. The number of aliphatic imine (C=N–C) groups is 2. The van der Waals surface area contributed by atoms with Crippen molar-refractivity contribution in [3.63, 3.8) is 0 Å². The molecule has 4 aliphatic heterocycles. The van der Waals surface area contributed by atoms with Crippen molar-refractivity contribution in [3.05, 3.63) is 69.3 Å². The van der Waals surface area contributed by atoms with Crippen LogP contribution in [0.2, 0.25) is 5.02 Å². The number of amidine groups is 1. The first kappa shape index (κ1) is 27.9. The average Bonchev–Trinajstić information content (AvgIpc) is 3.38. The van der Waals surface area contributed by atoms with Gasteiger partial charge in [0.15, 0.2) is 0 Å². The molecule has 8 nitrogen and oxygen atoms in total. The van der Waals surface area contributed by atoms with Gasteiger partial charge in [0.2, 0.25) is 0 Å². The van der Waals surface area contributed by atoms with E-state index in [4.69, 9.17) is 26.1 Å². The number of thioether (sulfide) groups is 1. The minimum absolute atomic E-state index is 0.130. The van der Waals surface area contributed by atoms with Crippen LogP contribution in [0.15, 0.2) is 62.9 Å². The van der Waals surface area contributed by atoms with Gasteiger partial charge >= 0.3 is 5.91 Å². The lowest BCUT2D eigenvalue weighted by molar-refractivity contribution is -0.122. The van der Waals surface area contributed by atoms with E-state index in [-0.39, 0.29) is 29.6 Å². The predicted octanol–water partition coefficient (Wildman–Crippen LogP) is 4.23. The van der Waals surface area contributed by atoms with Crippen molar-refractivity contribution in [3.8, 4) is 17.6 Å². The summed E-state index contributed by atoms with van der Waals surface area (Å²) in [6, 6.07) is 11.6. The van der Waals surface area contributed by atoms with E-state index in [1.165, 1.54) is 22.6 Å². The number of rotatable bonds is 5. The molecule has 0 aliphatic carbocycles. The van der Waals surface area contributed by atoms with Crippen LogP contribution in [0.3, 0.4) is 0 Å². The van der Waals surface area contributed by atoms with Crippen LogP contribution in [0.1, 0.15) is 12.0 Å².